The van der Waals surface area contributed by atoms with Gasteiger partial charge in [0.15, 0.2) is 5.76 Å². The number of nitrogens with one attached hydrogen (secondary N) is 2. The van der Waals surface area contributed by atoms with Gasteiger partial charge in [0.1, 0.15) is 23.0 Å². The molecule has 0 atom stereocenters. The number of aromatic amines is 2. The number of aromatic hydroxyl groups is 1. The van der Waals surface area contributed by atoms with Crippen LogP contribution in [0.5, 0.6) is 5.75 Å². The van der Waals surface area contributed by atoms with Gasteiger partial charge in [-0.1, -0.05) is 36.4 Å². The van der Waals surface area contributed by atoms with Crippen LogP contribution < -0.4 is 5.43 Å². The minimum atomic E-state index is -1.01. The van der Waals surface area contributed by atoms with Gasteiger partial charge in [0.2, 0.25) is 11.2 Å². The van der Waals surface area contributed by atoms with Crippen molar-refractivity contribution in [2.75, 3.05) is 0 Å². The molecule has 0 radical (unpaired) electrons. The molecule has 0 aliphatic carbocycles. The molecular weight excluding hydrogens is 410 g/mol. The third kappa shape index (κ3) is 3.14. The molecule has 5 aromatic rings. The van der Waals surface area contributed by atoms with Crippen LogP contribution >= 0.6 is 0 Å². The Hall–Kier alpha value is -4.59. The van der Waals surface area contributed by atoms with Crippen LogP contribution in [0.4, 0.5) is 0 Å². The minimum Gasteiger partial charge on any atom is -0.501 e. The number of benzene rings is 2. The molecule has 2 aromatic carbocycles. The summed E-state index contributed by atoms with van der Waals surface area (Å²) in [4.78, 5) is 34.5. The van der Waals surface area contributed by atoms with Crippen molar-refractivity contribution in [3.63, 3.8) is 0 Å². The van der Waals surface area contributed by atoms with Crippen LogP contribution in [0.1, 0.15) is 16.1 Å². The number of carbonyl (C=O) groups is 1. The van der Waals surface area contributed by atoms with Gasteiger partial charge in [-0.05, 0) is 19.1 Å². The maximum Gasteiger partial charge on any atom is 0.335 e. The standard InChI is InChI=1S/C24H17N3O5/c1-12-9-18(28)21(29)22(32-12)20-19(13-5-3-2-4-6-13)26-23(27-20)16-11-25-17-10-14(24(30)31)7-8-15(16)17/h2-11,25,29H,1H3,(H,26,27)(H,30,31). The second-order valence-electron chi connectivity index (χ2n) is 7.34. The summed E-state index contributed by atoms with van der Waals surface area (Å²) in [5, 5.41) is 20.4. The number of nitrogens with zero attached hydrogens (tertiary/aromatic N) is 1. The number of rotatable bonds is 4. The maximum absolute atomic E-state index is 12.2. The monoisotopic (exact) mass is 427 g/mol. The Balaban J connectivity index is 1.75. The van der Waals surface area contributed by atoms with Gasteiger partial charge in [0.05, 0.1) is 5.56 Å². The number of aromatic carboxylic acids is 1. The Kier molecular flexibility index (Phi) is 4.41. The first-order valence-corrected chi connectivity index (χ1v) is 9.76. The van der Waals surface area contributed by atoms with Gasteiger partial charge in [0.25, 0.3) is 0 Å². The zero-order valence-corrected chi connectivity index (χ0v) is 16.8. The average molecular weight is 427 g/mol. The summed E-state index contributed by atoms with van der Waals surface area (Å²) in [6.45, 7) is 1.63. The molecule has 0 fully saturated rings. The van der Waals surface area contributed by atoms with Crippen molar-refractivity contribution in [3.05, 3.63) is 82.3 Å². The van der Waals surface area contributed by atoms with E-state index in [1.54, 1.807) is 25.3 Å². The summed E-state index contributed by atoms with van der Waals surface area (Å²) < 4.78 is 5.70. The minimum absolute atomic E-state index is 0.000563. The molecule has 8 heteroatoms. The molecule has 5 rings (SSSR count). The number of fused-ring (bicyclic) bond motifs is 1. The van der Waals surface area contributed by atoms with E-state index in [-0.39, 0.29) is 11.3 Å². The Labute approximate surface area is 180 Å². The summed E-state index contributed by atoms with van der Waals surface area (Å²) in [5.74, 6) is -0.698. The molecular formula is C24H17N3O5. The van der Waals surface area contributed by atoms with Gasteiger partial charge in [-0.15, -0.1) is 0 Å². The van der Waals surface area contributed by atoms with E-state index in [1.165, 1.54) is 12.1 Å². The molecule has 32 heavy (non-hydrogen) atoms. The zero-order chi connectivity index (χ0) is 22.4. The molecule has 0 spiro atoms. The molecule has 0 bridgehead atoms. The Morgan fingerprint density at radius 3 is 2.62 bits per heavy atom. The van der Waals surface area contributed by atoms with E-state index in [4.69, 9.17) is 9.40 Å². The van der Waals surface area contributed by atoms with Crippen LogP contribution in [-0.2, 0) is 0 Å². The van der Waals surface area contributed by atoms with Crippen molar-refractivity contribution in [2.24, 2.45) is 0 Å². The van der Waals surface area contributed by atoms with Crippen molar-refractivity contribution in [2.45, 2.75) is 6.92 Å². The molecule has 0 saturated carbocycles. The lowest BCUT2D eigenvalue weighted by Gasteiger charge is -2.05. The van der Waals surface area contributed by atoms with Crippen molar-refractivity contribution in [3.8, 4) is 39.8 Å². The number of aromatic nitrogens is 3. The summed E-state index contributed by atoms with van der Waals surface area (Å²) in [5.41, 5.74) is 2.59. The first-order valence-electron chi connectivity index (χ1n) is 9.76. The molecule has 4 N–H and O–H groups in total. The largest absolute Gasteiger partial charge is 0.501 e. The van der Waals surface area contributed by atoms with Gasteiger partial charge in [-0.2, -0.15) is 0 Å². The van der Waals surface area contributed by atoms with E-state index in [1.807, 2.05) is 30.3 Å². The molecule has 0 aliphatic rings. The highest BCUT2D eigenvalue weighted by molar-refractivity contribution is 5.99. The lowest BCUT2D eigenvalue weighted by molar-refractivity contribution is 0.0697. The lowest BCUT2D eigenvalue weighted by Crippen LogP contribution is -2.01. The van der Waals surface area contributed by atoms with E-state index in [9.17, 15) is 19.8 Å². The Morgan fingerprint density at radius 2 is 1.88 bits per heavy atom. The summed E-state index contributed by atoms with van der Waals surface area (Å²) in [7, 11) is 0. The van der Waals surface area contributed by atoms with Gasteiger partial charge in [0, 0.05) is 34.3 Å². The van der Waals surface area contributed by atoms with Crippen molar-refractivity contribution < 1.29 is 19.4 Å². The maximum atomic E-state index is 12.2. The quantitative estimate of drug-likeness (QED) is 0.332. The summed E-state index contributed by atoms with van der Waals surface area (Å²) in [6, 6.07) is 15.3. The number of hydrogen-bond acceptors (Lipinski definition) is 5. The molecule has 8 nitrogen and oxygen atoms in total. The van der Waals surface area contributed by atoms with Crippen LogP contribution in [0.3, 0.4) is 0 Å². The third-order valence-electron chi connectivity index (χ3n) is 5.21. The van der Waals surface area contributed by atoms with Crippen LogP contribution in [0.15, 0.2) is 70.0 Å². The first-order chi connectivity index (χ1) is 15.4. The van der Waals surface area contributed by atoms with Crippen LogP contribution in [-0.4, -0.2) is 31.1 Å². The van der Waals surface area contributed by atoms with E-state index in [2.05, 4.69) is 9.97 Å². The molecule has 0 aliphatic heterocycles. The number of carboxylic acids is 1. The van der Waals surface area contributed by atoms with Crippen molar-refractivity contribution >= 4 is 16.9 Å². The molecule has 158 valence electrons. The number of imidazole rings is 1. The normalized spacial score (nSPS) is 11.2. The van der Waals surface area contributed by atoms with Gasteiger partial charge in [-0.25, -0.2) is 9.78 Å². The van der Waals surface area contributed by atoms with E-state index < -0.39 is 17.1 Å². The second-order valence-corrected chi connectivity index (χ2v) is 7.34. The highest BCUT2D eigenvalue weighted by Crippen LogP contribution is 2.37. The topological polar surface area (TPSA) is 132 Å². The van der Waals surface area contributed by atoms with Crippen LogP contribution in [0.2, 0.25) is 0 Å². The number of aryl methyl sites for hydroxylation is 1. The van der Waals surface area contributed by atoms with Gasteiger partial charge >= 0.3 is 5.97 Å². The fourth-order valence-corrected chi connectivity index (χ4v) is 3.70. The molecule has 3 aromatic heterocycles. The Morgan fingerprint density at radius 1 is 1.09 bits per heavy atom. The summed E-state index contributed by atoms with van der Waals surface area (Å²) in [6.07, 6.45) is 1.72. The lowest BCUT2D eigenvalue weighted by atomic mass is 10.1. The SMILES string of the molecule is Cc1cc(=O)c(O)c(-c2[nH]c(-c3c[nH]c4cc(C(=O)O)ccc34)nc2-c2ccccc2)o1. The van der Waals surface area contributed by atoms with E-state index >= 15 is 0 Å². The smallest absolute Gasteiger partial charge is 0.335 e. The molecule has 0 unspecified atom stereocenters. The fraction of sp³-hybridized carbons (Fsp3) is 0.0417. The average Bonchev–Trinajstić information content (AvgIpc) is 3.40. The van der Waals surface area contributed by atoms with Crippen LogP contribution in [0, 0.1) is 6.92 Å². The van der Waals surface area contributed by atoms with E-state index in [0.29, 0.717) is 34.1 Å². The number of H-pyrrole nitrogens is 2. The van der Waals surface area contributed by atoms with Gasteiger partial charge in [-0.3, -0.25) is 4.79 Å². The summed E-state index contributed by atoms with van der Waals surface area (Å²) >= 11 is 0. The zero-order valence-electron chi connectivity index (χ0n) is 16.8. The molecule has 0 amide bonds. The van der Waals surface area contributed by atoms with Crippen molar-refractivity contribution in [1.29, 1.82) is 0 Å². The highest BCUT2D eigenvalue weighted by atomic mass is 16.4. The molecule has 3 heterocycles. The predicted octanol–water partition coefficient (Wildman–Crippen LogP) is 4.56. The second kappa shape index (κ2) is 7.28. The highest BCUT2D eigenvalue weighted by Gasteiger charge is 2.23. The first kappa shape index (κ1) is 19.4. The van der Waals surface area contributed by atoms with E-state index in [0.717, 1.165) is 10.9 Å². The van der Waals surface area contributed by atoms with Crippen molar-refractivity contribution in [1.82, 2.24) is 15.0 Å². The fourth-order valence-electron chi connectivity index (χ4n) is 3.70. The predicted molar refractivity (Wildman–Crippen MR) is 119 cm³/mol. The number of hydrogen-bond donors (Lipinski definition) is 4. The number of carboxylic acid groups (broad SMARTS) is 1. The molecule has 0 saturated heterocycles. The third-order valence-corrected chi connectivity index (χ3v) is 5.21. The van der Waals surface area contributed by atoms with Gasteiger partial charge < -0.3 is 24.6 Å². The van der Waals surface area contributed by atoms with Crippen LogP contribution in [0.25, 0.3) is 45.0 Å². The Bertz CT molecular complexity index is 1540.